The monoisotopic (exact) mass is 370 g/mol. The smallest absolute Gasteiger partial charge is 0.255 e. The van der Waals surface area contributed by atoms with Crippen LogP contribution in [0, 0.1) is 11.6 Å². The summed E-state index contributed by atoms with van der Waals surface area (Å²) in [5.41, 5.74) is 2.89. The highest BCUT2D eigenvalue weighted by atomic mass is 19.1. The molecule has 0 saturated heterocycles. The predicted molar refractivity (Wildman–Crippen MR) is 101 cm³/mol. The van der Waals surface area contributed by atoms with Gasteiger partial charge in [-0.15, -0.1) is 0 Å². The van der Waals surface area contributed by atoms with Crippen molar-refractivity contribution in [2.45, 2.75) is 25.7 Å². The summed E-state index contributed by atoms with van der Waals surface area (Å²) in [7, 11) is 1.51. The van der Waals surface area contributed by atoms with Crippen molar-refractivity contribution < 1.29 is 18.0 Å². The number of rotatable bonds is 2. The molecule has 4 rings (SSSR count). The predicted octanol–water partition coefficient (Wildman–Crippen LogP) is 5.05. The average molecular weight is 370 g/mol. The summed E-state index contributed by atoms with van der Waals surface area (Å²) in [5.74, 6) is -1.39. The van der Waals surface area contributed by atoms with Crippen LogP contribution in [0.3, 0.4) is 0 Å². The van der Waals surface area contributed by atoms with Crippen LogP contribution in [0.5, 0.6) is 0 Å². The van der Waals surface area contributed by atoms with Crippen LogP contribution in [-0.2, 0) is 0 Å². The molecule has 0 radical (unpaired) electrons. The Hall–Kier alpha value is -2.89. The highest BCUT2D eigenvalue weighted by Crippen LogP contribution is 2.40. The van der Waals surface area contributed by atoms with Crippen LogP contribution in [0.1, 0.15) is 41.6 Å². The number of hydrogen-bond acceptors (Lipinski definition) is 3. The van der Waals surface area contributed by atoms with Gasteiger partial charge in [-0.05, 0) is 42.5 Å². The van der Waals surface area contributed by atoms with Crippen molar-refractivity contribution >= 4 is 22.6 Å². The second kappa shape index (κ2) is 6.68. The van der Waals surface area contributed by atoms with Crippen LogP contribution in [-0.4, -0.2) is 19.5 Å². The zero-order valence-electron chi connectivity index (χ0n) is 15.2. The molecule has 1 atom stereocenters. The van der Waals surface area contributed by atoms with E-state index in [0.717, 1.165) is 42.8 Å². The number of hydrogen-bond donors (Lipinski definition) is 2. The molecule has 3 aromatic rings. The second-order valence-electron chi connectivity index (χ2n) is 6.92. The molecule has 1 unspecified atom stereocenters. The van der Waals surface area contributed by atoms with E-state index in [0.29, 0.717) is 16.9 Å². The Balaban J connectivity index is 2.00. The lowest BCUT2D eigenvalue weighted by atomic mass is 9.93. The first-order chi connectivity index (χ1) is 13.0. The van der Waals surface area contributed by atoms with Crippen molar-refractivity contribution in [1.29, 1.82) is 0 Å². The third-order valence-electron chi connectivity index (χ3n) is 5.15. The fourth-order valence-electron chi connectivity index (χ4n) is 3.72. The van der Waals surface area contributed by atoms with Gasteiger partial charge in [0.2, 0.25) is 0 Å². The Labute approximate surface area is 155 Å². The summed E-state index contributed by atoms with van der Waals surface area (Å²) in [6.45, 7) is 3.02. The largest absolute Gasteiger partial charge is 0.455 e. The molecule has 1 aliphatic heterocycles. The van der Waals surface area contributed by atoms with Gasteiger partial charge in [-0.25, -0.2) is 8.78 Å². The molecule has 1 aromatic heterocycles. The zero-order chi connectivity index (χ0) is 19.1. The van der Waals surface area contributed by atoms with Gasteiger partial charge in [-0.3, -0.25) is 4.79 Å². The quantitative estimate of drug-likeness (QED) is 0.664. The minimum absolute atomic E-state index is 0.0578. The Morgan fingerprint density at radius 2 is 2.07 bits per heavy atom. The fraction of sp³-hybridized carbons (Fsp3) is 0.286. The third-order valence-corrected chi connectivity index (χ3v) is 5.15. The Morgan fingerprint density at radius 1 is 1.26 bits per heavy atom. The van der Waals surface area contributed by atoms with Crippen LogP contribution in [0.4, 0.5) is 14.5 Å². The molecule has 2 aromatic carbocycles. The van der Waals surface area contributed by atoms with E-state index >= 15 is 0 Å². The van der Waals surface area contributed by atoms with Gasteiger partial charge >= 0.3 is 0 Å². The number of anilines is 1. The van der Waals surface area contributed by atoms with Gasteiger partial charge in [-0.2, -0.15) is 0 Å². The van der Waals surface area contributed by atoms with Gasteiger partial charge in [-0.1, -0.05) is 6.92 Å². The summed E-state index contributed by atoms with van der Waals surface area (Å²) < 4.78 is 33.6. The van der Waals surface area contributed by atoms with Gasteiger partial charge in [0, 0.05) is 36.8 Å². The molecule has 140 valence electrons. The van der Waals surface area contributed by atoms with Gasteiger partial charge in [0.05, 0.1) is 11.1 Å². The van der Waals surface area contributed by atoms with Gasteiger partial charge < -0.3 is 15.1 Å². The lowest BCUT2D eigenvalue weighted by Crippen LogP contribution is -2.18. The molecule has 0 saturated carbocycles. The summed E-state index contributed by atoms with van der Waals surface area (Å²) in [6, 6.07) is 7.05. The second-order valence-corrected chi connectivity index (χ2v) is 6.92. The Bertz CT molecular complexity index is 1040. The molecule has 1 aliphatic rings. The number of nitrogens with one attached hydrogen (secondary N) is 2. The number of halogens is 2. The zero-order valence-corrected chi connectivity index (χ0v) is 15.2. The lowest BCUT2D eigenvalue weighted by molar-refractivity contribution is 0.0964. The molecular weight excluding hydrogens is 350 g/mol. The van der Waals surface area contributed by atoms with Crippen LogP contribution in [0.25, 0.3) is 22.3 Å². The lowest BCUT2D eigenvalue weighted by Gasteiger charge is -2.12. The summed E-state index contributed by atoms with van der Waals surface area (Å²) in [6.07, 6.45) is 2.10. The molecule has 6 heteroatoms. The van der Waals surface area contributed by atoms with Crippen LogP contribution >= 0.6 is 0 Å². The van der Waals surface area contributed by atoms with Crippen LogP contribution < -0.4 is 10.6 Å². The van der Waals surface area contributed by atoms with Crippen LogP contribution in [0.15, 0.2) is 34.7 Å². The standard InChI is InChI=1S/C21H20F2N2O2/c1-11-4-3-7-25-17-10-18-15(9-14(11)17)19(21(26)24-2)20(27-18)13-6-5-12(22)8-16(13)23/h5-6,8-11,25H,3-4,7H2,1-2H3,(H,24,26). The van der Waals surface area contributed by atoms with Gasteiger partial charge in [0.15, 0.2) is 5.76 Å². The van der Waals surface area contributed by atoms with E-state index in [1.807, 2.05) is 12.1 Å². The molecule has 4 nitrogen and oxygen atoms in total. The fourth-order valence-corrected chi connectivity index (χ4v) is 3.72. The molecule has 0 aliphatic carbocycles. The van der Waals surface area contributed by atoms with Crippen molar-refractivity contribution in [2.24, 2.45) is 0 Å². The molecule has 2 N–H and O–H groups in total. The highest BCUT2D eigenvalue weighted by Gasteiger charge is 2.26. The average Bonchev–Trinajstić information content (AvgIpc) is 2.91. The van der Waals surface area contributed by atoms with Gasteiger partial charge in [0.1, 0.15) is 17.2 Å². The van der Waals surface area contributed by atoms with E-state index < -0.39 is 11.6 Å². The molecular formula is C21H20F2N2O2. The van der Waals surface area contributed by atoms with Crippen molar-refractivity contribution in [2.75, 3.05) is 18.9 Å². The molecule has 0 bridgehead atoms. The highest BCUT2D eigenvalue weighted by molar-refractivity contribution is 6.11. The molecule has 1 amide bonds. The van der Waals surface area contributed by atoms with Crippen molar-refractivity contribution in [3.05, 3.63) is 53.1 Å². The SMILES string of the molecule is CNC(=O)c1c(-c2ccc(F)cc2F)oc2cc3c(cc12)C(C)CCCN3. The van der Waals surface area contributed by atoms with E-state index in [1.165, 1.54) is 13.1 Å². The maximum Gasteiger partial charge on any atom is 0.255 e. The molecule has 2 heterocycles. The van der Waals surface area contributed by atoms with Crippen molar-refractivity contribution in [1.82, 2.24) is 5.32 Å². The first kappa shape index (κ1) is 17.5. The number of carbonyl (C=O) groups excluding carboxylic acids is 1. The van der Waals surface area contributed by atoms with Gasteiger partial charge in [0.25, 0.3) is 5.91 Å². The summed E-state index contributed by atoms with van der Waals surface area (Å²) in [4.78, 5) is 12.6. The number of fused-ring (bicyclic) bond motifs is 2. The van der Waals surface area contributed by atoms with E-state index in [1.54, 1.807) is 0 Å². The number of carbonyl (C=O) groups is 1. The van der Waals surface area contributed by atoms with Crippen molar-refractivity contribution in [3.8, 4) is 11.3 Å². The van der Waals surface area contributed by atoms with E-state index in [9.17, 15) is 13.6 Å². The first-order valence-electron chi connectivity index (χ1n) is 9.01. The normalized spacial score (nSPS) is 16.5. The summed E-state index contributed by atoms with van der Waals surface area (Å²) >= 11 is 0. The minimum atomic E-state index is -0.771. The molecule has 0 spiro atoms. The summed E-state index contributed by atoms with van der Waals surface area (Å²) in [5, 5.41) is 6.61. The molecule has 0 fully saturated rings. The molecule has 27 heavy (non-hydrogen) atoms. The van der Waals surface area contributed by atoms with Crippen molar-refractivity contribution in [3.63, 3.8) is 0 Å². The number of furan rings is 1. The number of benzene rings is 2. The Kier molecular flexibility index (Phi) is 4.34. The van der Waals surface area contributed by atoms with Crippen LogP contribution in [0.2, 0.25) is 0 Å². The maximum atomic E-state index is 14.4. The van der Waals surface area contributed by atoms with E-state index in [-0.39, 0.29) is 22.8 Å². The van der Waals surface area contributed by atoms with E-state index in [2.05, 4.69) is 17.6 Å². The number of amides is 1. The topological polar surface area (TPSA) is 54.3 Å². The third kappa shape index (κ3) is 2.95. The minimum Gasteiger partial charge on any atom is -0.455 e. The maximum absolute atomic E-state index is 14.4. The van der Waals surface area contributed by atoms with E-state index in [4.69, 9.17) is 4.42 Å². The first-order valence-corrected chi connectivity index (χ1v) is 9.01. The Morgan fingerprint density at radius 3 is 2.81 bits per heavy atom.